The number of hydrogen-bond donors (Lipinski definition) is 2. The number of ether oxygens (including phenoxy) is 1. The Kier molecular flexibility index (Phi) is 6.70. The number of aliphatic hydroxyl groups is 1. The predicted molar refractivity (Wildman–Crippen MR) is 70.9 cm³/mol. The number of thioether (sulfide) groups is 1. The number of carbonyl (C=O) groups is 1. The van der Waals surface area contributed by atoms with Crippen LogP contribution in [0.4, 0.5) is 0 Å². The van der Waals surface area contributed by atoms with E-state index in [1.54, 1.807) is 25.4 Å². The summed E-state index contributed by atoms with van der Waals surface area (Å²) in [5, 5.41) is 12.4. The smallest absolute Gasteiger partial charge is 0.254 e. The predicted octanol–water partition coefficient (Wildman–Crippen LogP) is 0.931. The van der Waals surface area contributed by atoms with Gasteiger partial charge in [0, 0.05) is 19.9 Å². The number of rotatable bonds is 7. The van der Waals surface area contributed by atoms with Crippen LogP contribution < -0.4 is 5.32 Å². The van der Waals surface area contributed by atoms with Crippen LogP contribution >= 0.6 is 11.8 Å². The van der Waals surface area contributed by atoms with E-state index < -0.39 is 0 Å². The minimum Gasteiger partial charge on any atom is -0.396 e. The van der Waals surface area contributed by atoms with Gasteiger partial charge in [0.25, 0.3) is 5.91 Å². The molecule has 0 saturated heterocycles. The SMILES string of the molecule is COCC(CCO)NC(=O)c1cccnc1SC. The molecule has 2 N–H and O–H groups in total. The highest BCUT2D eigenvalue weighted by Gasteiger charge is 2.16. The molecule has 1 aromatic heterocycles. The van der Waals surface area contributed by atoms with Crippen LogP contribution in [-0.2, 0) is 4.74 Å². The molecule has 100 valence electrons. The highest BCUT2D eigenvalue weighted by Crippen LogP contribution is 2.16. The first-order chi connectivity index (χ1) is 8.72. The summed E-state index contributed by atoms with van der Waals surface area (Å²) in [6.07, 6.45) is 4.00. The van der Waals surface area contributed by atoms with Crippen molar-refractivity contribution in [1.82, 2.24) is 10.3 Å². The number of nitrogens with zero attached hydrogens (tertiary/aromatic N) is 1. The molecule has 1 amide bonds. The second-order valence-corrected chi connectivity index (χ2v) is 4.49. The summed E-state index contributed by atoms with van der Waals surface area (Å²) in [5.41, 5.74) is 0.545. The third kappa shape index (κ3) is 4.29. The van der Waals surface area contributed by atoms with Gasteiger partial charge in [-0.05, 0) is 24.8 Å². The number of hydrogen-bond acceptors (Lipinski definition) is 5. The molecule has 0 aliphatic carbocycles. The fraction of sp³-hybridized carbons (Fsp3) is 0.500. The molecule has 0 aliphatic heterocycles. The molecule has 0 spiro atoms. The Balaban J connectivity index is 2.73. The van der Waals surface area contributed by atoms with Gasteiger partial charge in [-0.3, -0.25) is 4.79 Å². The van der Waals surface area contributed by atoms with Gasteiger partial charge in [0.15, 0.2) is 0 Å². The summed E-state index contributed by atoms with van der Waals surface area (Å²) >= 11 is 1.42. The van der Waals surface area contributed by atoms with Crippen LogP contribution in [0.15, 0.2) is 23.4 Å². The zero-order chi connectivity index (χ0) is 13.4. The van der Waals surface area contributed by atoms with E-state index in [9.17, 15) is 4.79 Å². The fourth-order valence-electron chi connectivity index (χ4n) is 1.54. The molecular weight excluding hydrogens is 252 g/mol. The first-order valence-corrected chi connectivity index (χ1v) is 6.85. The molecule has 0 aromatic carbocycles. The van der Waals surface area contributed by atoms with Gasteiger partial charge < -0.3 is 15.2 Å². The zero-order valence-corrected chi connectivity index (χ0v) is 11.4. The minimum absolute atomic E-state index is 0.0106. The molecule has 1 aromatic rings. The third-order valence-corrected chi connectivity index (χ3v) is 3.10. The average Bonchev–Trinajstić information content (AvgIpc) is 2.39. The number of nitrogens with one attached hydrogen (secondary N) is 1. The molecule has 0 bridgehead atoms. The fourth-order valence-corrected chi connectivity index (χ4v) is 2.09. The van der Waals surface area contributed by atoms with Gasteiger partial charge in [0.05, 0.1) is 18.2 Å². The molecule has 1 atom stereocenters. The Hall–Kier alpha value is -1.11. The van der Waals surface area contributed by atoms with Gasteiger partial charge in [0.2, 0.25) is 0 Å². The monoisotopic (exact) mass is 270 g/mol. The summed E-state index contributed by atoms with van der Waals surface area (Å²) in [4.78, 5) is 16.2. The van der Waals surface area contributed by atoms with Gasteiger partial charge in [-0.1, -0.05) is 0 Å². The van der Waals surface area contributed by atoms with Crippen LogP contribution in [0.1, 0.15) is 16.8 Å². The Bertz CT molecular complexity index is 381. The highest BCUT2D eigenvalue weighted by atomic mass is 32.2. The molecule has 0 saturated carbocycles. The van der Waals surface area contributed by atoms with E-state index in [1.165, 1.54) is 11.8 Å². The van der Waals surface area contributed by atoms with Crippen LogP contribution in [0.25, 0.3) is 0 Å². The summed E-state index contributed by atoms with van der Waals surface area (Å²) < 4.78 is 5.00. The maximum absolute atomic E-state index is 12.1. The number of methoxy groups -OCH3 is 1. The lowest BCUT2D eigenvalue weighted by Crippen LogP contribution is -2.39. The third-order valence-electron chi connectivity index (χ3n) is 2.39. The molecular formula is C12H18N2O3S. The van der Waals surface area contributed by atoms with Crippen molar-refractivity contribution in [3.63, 3.8) is 0 Å². The summed E-state index contributed by atoms with van der Waals surface area (Å²) in [6, 6.07) is 3.27. The maximum Gasteiger partial charge on any atom is 0.254 e. The molecule has 1 unspecified atom stereocenters. The van der Waals surface area contributed by atoms with Crippen LogP contribution in [0, 0.1) is 0 Å². The molecule has 0 radical (unpaired) electrons. The molecule has 1 heterocycles. The van der Waals surface area contributed by atoms with E-state index in [0.29, 0.717) is 23.6 Å². The van der Waals surface area contributed by atoms with E-state index in [0.717, 1.165) is 0 Å². The molecule has 6 heteroatoms. The normalized spacial score (nSPS) is 12.2. The largest absolute Gasteiger partial charge is 0.396 e. The minimum atomic E-state index is -0.192. The van der Waals surface area contributed by atoms with Crippen LogP contribution in [0.2, 0.25) is 0 Å². The lowest BCUT2D eigenvalue weighted by molar-refractivity contribution is 0.0875. The lowest BCUT2D eigenvalue weighted by Gasteiger charge is -2.17. The average molecular weight is 270 g/mol. The molecule has 5 nitrogen and oxygen atoms in total. The molecule has 18 heavy (non-hydrogen) atoms. The van der Waals surface area contributed by atoms with Crippen molar-refractivity contribution in [2.45, 2.75) is 17.5 Å². The maximum atomic E-state index is 12.1. The summed E-state index contributed by atoms with van der Waals surface area (Å²) in [5.74, 6) is -0.192. The van der Waals surface area contributed by atoms with E-state index in [2.05, 4.69) is 10.3 Å². The topological polar surface area (TPSA) is 71.5 Å². The molecule has 0 fully saturated rings. The van der Waals surface area contributed by atoms with Crippen molar-refractivity contribution in [2.24, 2.45) is 0 Å². The zero-order valence-electron chi connectivity index (χ0n) is 10.5. The van der Waals surface area contributed by atoms with E-state index in [4.69, 9.17) is 9.84 Å². The van der Waals surface area contributed by atoms with E-state index in [-0.39, 0.29) is 18.6 Å². The van der Waals surface area contributed by atoms with Crippen molar-refractivity contribution in [3.8, 4) is 0 Å². The van der Waals surface area contributed by atoms with Gasteiger partial charge in [-0.15, -0.1) is 11.8 Å². The van der Waals surface area contributed by atoms with Gasteiger partial charge in [-0.25, -0.2) is 4.98 Å². The molecule has 1 rings (SSSR count). The van der Waals surface area contributed by atoms with Crippen molar-refractivity contribution in [1.29, 1.82) is 0 Å². The van der Waals surface area contributed by atoms with Gasteiger partial charge in [-0.2, -0.15) is 0 Å². The van der Waals surface area contributed by atoms with Gasteiger partial charge in [0.1, 0.15) is 5.03 Å². The van der Waals surface area contributed by atoms with Crippen molar-refractivity contribution in [2.75, 3.05) is 26.6 Å². The van der Waals surface area contributed by atoms with Crippen molar-refractivity contribution in [3.05, 3.63) is 23.9 Å². The first-order valence-electron chi connectivity index (χ1n) is 5.62. The van der Waals surface area contributed by atoms with Crippen molar-refractivity contribution >= 4 is 17.7 Å². The van der Waals surface area contributed by atoms with E-state index in [1.807, 2.05) is 6.26 Å². The van der Waals surface area contributed by atoms with Crippen LogP contribution in [0.3, 0.4) is 0 Å². The van der Waals surface area contributed by atoms with Gasteiger partial charge >= 0.3 is 0 Å². The summed E-state index contributed by atoms with van der Waals surface area (Å²) in [7, 11) is 1.56. The second-order valence-electron chi connectivity index (χ2n) is 3.70. The Morgan fingerprint density at radius 3 is 3.06 bits per heavy atom. The standard InChI is InChI=1S/C12H18N2O3S/c1-17-8-9(5-7-15)14-11(16)10-4-3-6-13-12(10)18-2/h3-4,6,9,15H,5,7-8H2,1-2H3,(H,14,16). The Morgan fingerprint density at radius 2 is 2.44 bits per heavy atom. The highest BCUT2D eigenvalue weighted by molar-refractivity contribution is 7.98. The Labute approximate surface area is 111 Å². The number of carbonyl (C=O) groups excluding carboxylic acids is 1. The van der Waals surface area contributed by atoms with Crippen molar-refractivity contribution < 1.29 is 14.6 Å². The number of aliphatic hydroxyl groups excluding tert-OH is 1. The van der Waals surface area contributed by atoms with Crippen LogP contribution in [0.5, 0.6) is 0 Å². The van der Waals surface area contributed by atoms with E-state index >= 15 is 0 Å². The van der Waals surface area contributed by atoms with Crippen LogP contribution in [-0.4, -0.2) is 48.6 Å². The Morgan fingerprint density at radius 1 is 1.67 bits per heavy atom. The lowest BCUT2D eigenvalue weighted by atomic mass is 10.2. The molecule has 0 aliphatic rings. The quantitative estimate of drug-likeness (QED) is 0.721. The number of aromatic nitrogens is 1. The summed E-state index contributed by atoms with van der Waals surface area (Å²) in [6.45, 7) is 0.387. The second kappa shape index (κ2) is 8.07. The number of pyridine rings is 1. The number of amides is 1. The first kappa shape index (κ1) is 14.9.